The third kappa shape index (κ3) is 6.22. The molecule has 0 unspecified atom stereocenters. The Labute approximate surface area is 155 Å². The Balaban J connectivity index is 1.93. The lowest BCUT2D eigenvalue weighted by molar-refractivity contribution is 0.104. The molecule has 0 saturated heterocycles. The van der Waals surface area contributed by atoms with Gasteiger partial charge in [0.25, 0.3) is 0 Å². The second kappa shape index (κ2) is 10.9. The van der Waals surface area contributed by atoms with E-state index >= 15 is 0 Å². The van der Waals surface area contributed by atoms with Crippen LogP contribution in [-0.4, -0.2) is 12.4 Å². The summed E-state index contributed by atoms with van der Waals surface area (Å²) in [5.74, 6) is 0.547. The van der Waals surface area contributed by atoms with Crippen molar-refractivity contribution in [3.05, 3.63) is 71.3 Å². The topological polar surface area (TPSA) is 50.1 Å². The lowest BCUT2D eigenvalue weighted by Gasteiger charge is -2.06. The summed E-state index contributed by atoms with van der Waals surface area (Å²) >= 11 is 0. The van der Waals surface area contributed by atoms with E-state index < -0.39 is 0 Å². The molecule has 134 valence electrons. The highest BCUT2D eigenvalue weighted by Gasteiger charge is 2.11. The number of carbonyl (C=O) groups is 1. The molecular weight excluding hydrogens is 322 g/mol. The largest absolute Gasteiger partial charge is 0.494 e. The molecule has 0 aromatic heterocycles. The number of nitrogens with zero attached hydrogens (tertiary/aromatic N) is 1. The molecule has 2 aromatic carbocycles. The fourth-order valence-corrected chi connectivity index (χ4v) is 2.62. The van der Waals surface area contributed by atoms with Gasteiger partial charge in [0.05, 0.1) is 6.61 Å². The predicted octanol–water partition coefficient (Wildman–Crippen LogP) is 5.83. The lowest BCUT2D eigenvalue weighted by atomic mass is 10.0. The summed E-state index contributed by atoms with van der Waals surface area (Å²) in [6.07, 6.45) is 7.66. The van der Waals surface area contributed by atoms with Crippen molar-refractivity contribution in [2.24, 2.45) is 0 Å². The molecule has 0 aliphatic carbocycles. The smallest absolute Gasteiger partial charge is 0.203 e. The van der Waals surface area contributed by atoms with Crippen molar-refractivity contribution in [1.29, 1.82) is 5.26 Å². The average molecular weight is 347 g/mol. The monoisotopic (exact) mass is 347 g/mol. The number of nitriles is 1. The van der Waals surface area contributed by atoms with Crippen LogP contribution in [0.25, 0.3) is 6.08 Å². The third-order valence-electron chi connectivity index (χ3n) is 4.11. The van der Waals surface area contributed by atoms with E-state index in [4.69, 9.17) is 4.74 Å². The Kier molecular flexibility index (Phi) is 8.15. The number of carbonyl (C=O) groups excluding carboxylic acids is 1. The normalized spacial score (nSPS) is 11.0. The molecule has 0 bridgehead atoms. The molecule has 0 aliphatic rings. The van der Waals surface area contributed by atoms with Crippen LogP contribution in [0.3, 0.4) is 0 Å². The van der Waals surface area contributed by atoms with E-state index in [2.05, 4.69) is 6.92 Å². The summed E-state index contributed by atoms with van der Waals surface area (Å²) in [5, 5.41) is 9.31. The van der Waals surface area contributed by atoms with E-state index in [1.807, 2.05) is 36.4 Å². The van der Waals surface area contributed by atoms with Gasteiger partial charge in [-0.3, -0.25) is 4.79 Å². The lowest BCUT2D eigenvalue weighted by Crippen LogP contribution is -2.01. The van der Waals surface area contributed by atoms with Crippen molar-refractivity contribution in [1.82, 2.24) is 0 Å². The highest BCUT2D eigenvalue weighted by molar-refractivity contribution is 6.14. The van der Waals surface area contributed by atoms with E-state index in [-0.39, 0.29) is 11.4 Å². The number of hydrogen-bond donors (Lipinski definition) is 0. The Morgan fingerprint density at radius 3 is 2.35 bits per heavy atom. The first-order chi connectivity index (χ1) is 12.7. The molecule has 3 heteroatoms. The fraction of sp³-hybridized carbons (Fsp3) is 0.304. The van der Waals surface area contributed by atoms with Crippen molar-refractivity contribution in [2.45, 2.75) is 39.0 Å². The van der Waals surface area contributed by atoms with E-state index in [1.165, 1.54) is 25.7 Å². The van der Waals surface area contributed by atoms with Gasteiger partial charge < -0.3 is 4.74 Å². The van der Waals surface area contributed by atoms with Gasteiger partial charge >= 0.3 is 0 Å². The van der Waals surface area contributed by atoms with Gasteiger partial charge in [-0.15, -0.1) is 0 Å². The molecule has 2 rings (SSSR count). The van der Waals surface area contributed by atoms with Crippen LogP contribution in [0.15, 0.2) is 60.2 Å². The van der Waals surface area contributed by atoms with Crippen molar-refractivity contribution in [3.8, 4) is 11.8 Å². The Morgan fingerprint density at radius 2 is 1.69 bits per heavy atom. The number of benzene rings is 2. The van der Waals surface area contributed by atoms with Crippen LogP contribution in [0.1, 0.15) is 54.9 Å². The summed E-state index contributed by atoms with van der Waals surface area (Å²) in [6, 6.07) is 18.3. The van der Waals surface area contributed by atoms with Crippen LogP contribution in [0.2, 0.25) is 0 Å². The molecule has 2 aromatic rings. The average Bonchev–Trinajstić information content (AvgIpc) is 2.70. The standard InChI is InChI=1S/C23H25NO2/c1-2-3-4-5-9-16-26-22-14-12-19(13-15-22)17-21(18-24)23(25)20-10-7-6-8-11-20/h6-8,10-15,17H,2-5,9,16H2,1H3. The van der Waals surface area contributed by atoms with Crippen LogP contribution in [0.5, 0.6) is 5.75 Å². The van der Waals surface area contributed by atoms with E-state index in [1.54, 1.807) is 30.3 Å². The summed E-state index contributed by atoms with van der Waals surface area (Å²) in [6.45, 7) is 2.92. The van der Waals surface area contributed by atoms with Gasteiger partial charge in [0.15, 0.2) is 0 Å². The number of Topliss-reactive ketones (excluding diaryl/α,β-unsaturated/α-hetero) is 1. The van der Waals surface area contributed by atoms with Crippen molar-refractivity contribution in [3.63, 3.8) is 0 Å². The zero-order chi connectivity index (χ0) is 18.6. The molecule has 0 aliphatic heterocycles. The summed E-state index contributed by atoms with van der Waals surface area (Å²) < 4.78 is 5.74. The minimum absolute atomic E-state index is 0.126. The van der Waals surface area contributed by atoms with E-state index in [9.17, 15) is 10.1 Å². The van der Waals surface area contributed by atoms with Gasteiger partial charge in [0.2, 0.25) is 5.78 Å². The molecule has 0 atom stereocenters. The van der Waals surface area contributed by atoms with Gasteiger partial charge in [-0.1, -0.05) is 75.1 Å². The number of rotatable bonds is 10. The molecule has 0 heterocycles. The van der Waals surface area contributed by atoms with Crippen molar-refractivity contribution >= 4 is 11.9 Å². The van der Waals surface area contributed by atoms with Crippen LogP contribution >= 0.6 is 0 Å². The van der Waals surface area contributed by atoms with Gasteiger partial charge in [0.1, 0.15) is 17.4 Å². The number of hydrogen-bond acceptors (Lipinski definition) is 3. The van der Waals surface area contributed by atoms with Gasteiger partial charge in [-0.25, -0.2) is 0 Å². The Morgan fingerprint density at radius 1 is 1.00 bits per heavy atom. The summed E-state index contributed by atoms with van der Waals surface area (Å²) in [5.41, 5.74) is 1.45. The zero-order valence-electron chi connectivity index (χ0n) is 15.3. The summed E-state index contributed by atoms with van der Waals surface area (Å²) in [4.78, 5) is 12.4. The van der Waals surface area contributed by atoms with Crippen LogP contribution in [0, 0.1) is 11.3 Å². The molecule has 26 heavy (non-hydrogen) atoms. The van der Waals surface area contributed by atoms with Crippen LogP contribution < -0.4 is 4.74 Å². The quantitative estimate of drug-likeness (QED) is 0.235. The van der Waals surface area contributed by atoms with Crippen LogP contribution in [-0.2, 0) is 0 Å². The maximum atomic E-state index is 12.4. The highest BCUT2D eigenvalue weighted by Crippen LogP contribution is 2.17. The summed E-state index contributed by atoms with van der Waals surface area (Å²) in [7, 11) is 0. The van der Waals surface area contributed by atoms with E-state index in [0.29, 0.717) is 5.56 Å². The Hall–Kier alpha value is -2.86. The van der Waals surface area contributed by atoms with Gasteiger partial charge in [-0.05, 0) is 30.2 Å². The minimum Gasteiger partial charge on any atom is -0.494 e. The number of unbranched alkanes of at least 4 members (excludes halogenated alkanes) is 4. The SMILES string of the molecule is CCCCCCCOc1ccc(C=C(C#N)C(=O)c2ccccc2)cc1. The molecule has 0 amide bonds. The first-order valence-electron chi connectivity index (χ1n) is 9.19. The predicted molar refractivity (Wildman–Crippen MR) is 105 cm³/mol. The van der Waals surface area contributed by atoms with Crippen molar-refractivity contribution < 1.29 is 9.53 Å². The molecule has 0 radical (unpaired) electrons. The maximum Gasteiger partial charge on any atom is 0.203 e. The third-order valence-corrected chi connectivity index (χ3v) is 4.11. The number of ketones is 1. The van der Waals surface area contributed by atoms with Gasteiger partial charge in [0, 0.05) is 5.56 Å². The first kappa shape index (κ1) is 19.5. The van der Waals surface area contributed by atoms with Crippen LogP contribution in [0.4, 0.5) is 0 Å². The molecule has 0 fully saturated rings. The molecular formula is C23H25NO2. The molecule has 0 spiro atoms. The second-order valence-electron chi connectivity index (χ2n) is 6.20. The zero-order valence-corrected chi connectivity index (χ0v) is 15.3. The molecule has 3 nitrogen and oxygen atoms in total. The van der Waals surface area contributed by atoms with E-state index in [0.717, 1.165) is 24.3 Å². The maximum absolute atomic E-state index is 12.4. The molecule has 0 N–H and O–H groups in total. The van der Waals surface area contributed by atoms with Gasteiger partial charge in [-0.2, -0.15) is 5.26 Å². The second-order valence-corrected chi connectivity index (χ2v) is 6.20. The fourth-order valence-electron chi connectivity index (χ4n) is 2.62. The highest BCUT2D eigenvalue weighted by atomic mass is 16.5. The Bertz CT molecular complexity index is 755. The number of ether oxygens (including phenoxy) is 1. The van der Waals surface area contributed by atoms with Crippen molar-refractivity contribution in [2.75, 3.05) is 6.61 Å². The molecule has 0 saturated carbocycles. The minimum atomic E-state index is -0.263. The number of allylic oxidation sites excluding steroid dienone is 1. The first-order valence-corrected chi connectivity index (χ1v) is 9.19.